The van der Waals surface area contributed by atoms with Gasteiger partial charge in [0.25, 0.3) is 0 Å². The van der Waals surface area contributed by atoms with Crippen molar-refractivity contribution in [2.24, 2.45) is 0 Å². The van der Waals surface area contributed by atoms with Crippen LogP contribution in [0.4, 0.5) is 0 Å². The van der Waals surface area contributed by atoms with E-state index in [1.807, 2.05) is 71.6 Å². The van der Waals surface area contributed by atoms with Gasteiger partial charge in [0, 0.05) is 24.6 Å². The van der Waals surface area contributed by atoms with Gasteiger partial charge in [0.2, 0.25) is 5.91 Å². The van der Waals surface area contributed by atoms with Crippen LogP contribution < -0.4 is 5.32 Å². The fourth-order valence-electron chi connectivity index (χ4n) is 2.71. The number of carbonyl (C=O) groups excluding carboxylic acids is 1. The molecule has 3 heteroatoms. The molecule has 0 saturated heterocycles. The van der Waals surface area contributed by atoms with Crippen LogP contribution in [0.2, 0.25) is 0 Å². The number of hydrogen-bond donors (Lipinski definition) is 1. The summed E-state index contributed by atoms with van der Waals surface area (Å²) < 4.78 is 2.05. The van der Waals surface area contributed by atoms with Gasteiger partial charge < -0.3 is 9.88 Å². The summed E-state index contributed by atoms with van der Waals surface area (Å²) in [7, 11) is 0. The fourth-order valence-corrected chi connectivity index (χ4v) is 2.71. The van der Waals surface area contributed by atoms with Crippen molar-refractivity contribution in [2.75, 3.05) is 6.54 Å². The van der Waals surface area contributed by atoms with Gasteiger partial charge in [-0.1, -0.05) is 49.4 Å². The van der Waals surface area contributed by atoms with Gasteiger partial charge in [-0.3, -0.25) is 4.79 Å². The van der Waals surface area contributed by atoms with Gasteiger partial charge in [0.1, 0.15) is 0 Å². The van der Waals surface area contributed by atoms with Gasteiger partial charge in [-0.05, 0) is 41.3 Å². The first-order valence-corrected chi connectivity index (χ1v) is 8.26. The molecular weight excluding hydrogens is 296 g/mol. The third kappa shape index (κ3) is 4.13. The molecule has 1 aromatic heterocycles. The van der Waals surface area contributed by atoms with Gasteiger partial charge in [-0.25, -0.2) is 0 Å². The van der Waals surface area contributed by atoms with Crippen LogP contribution in [0.1, 0.15) is 24.0 Å². The number of nitrogens with zero attached hydrogens (tertiary/aromatic N) is 1. The molecule has 2 aromatic carbocycles. The molecule has 3 aromatic rings. The number of nitrogens with one attached hydrogen (secondary N) is 1. The summed E-state index contributed by atoms with van der Waals surface area (Å²) in [5.74, 6) is 0.373. The van der Waals surface area contributed by atoms with E-state index in [-0.39, 0.29) is 5.91 Å². The normalized spacial score (nSPS) is 11.9. The van der Waals surface area contributed by atoms with E-state index in [1.54, 1.807) is 0 Å². The van der Waals surface area contributed by atoms with Gasteiger partial charge in [0.15, 0.2) is 0 Å². The zero-order valence-electron chi connectivity index (χ0n) is 13.9. The summed E-state index contributed by atoms with van der Waals surface area (Å²) in [6.45, 7) is 2.78. The number of carbonyl (C=O) groups is 1. The summed E-state index contributed by atoms with van der Waals surface area (Å²) in [6.07, 6.45) is 4.42. The lowest BCUT2D eigenvalue weighted by Gasteiger charge is -2.13. The topological polar surface area (TPSA) is 34.0 Å². The molecule has 24 heavy (non-hydrogen) atoms. The number of amides is 1. The molecule has 1 atom stereocenters. The van der Waals surface area contributed by atoms with Crippen molar-refractivity contribution in [3.63, 3.8) is 0 Å². The number of hydrogen-bond acceptors (Lipinski definition) is 1. The van der Waals surface area contributed by atoms with E-state index in [2.05, 4.69) is 24.4 Å². The molecular formula is C21H22N2O. The lowest BCUT2D eigenvalue weighted by molar-refractivity contribution is -0.120. The van der Waals surface area contributed by atoms with E-state index in [4.69, 9.17) is 0 Å². The summed E-state index contributed by atoms with van der Waals surface area (Å²) in [5.41, 5.74) is 3.37. The minimum absolute atomic E-state index is 0.0616. The molecule has 0 aliphatic rings. The maximum Gasteiger partial charge on any atom is 0.224 e. The van der Waals surface area contributed by atoms with E-state index < -0.39 is 0 Å². The monoisotopic (exact) mass is 318 g/mol. The Bertz CT molecular complexity index is 761. The van der Waals surface area contributed by atoms with E-state index in [9.17, 15) is 4.79 Å². The maximum atomic E-state index is 12.1. The highest BCUT2D eigenvalue weighted by Gasteiger charge is 2.08. The summed E-state index contributed by atoms with van der Waals surface area (Å²) in [5, 5.41) is 3.03. The molecule has 0 radical (unpaired) electrons. The van der Waals surface area contributed by atoms with Gasteiger partial charge in [-0.2, -0.15) is 0 Å². The lowest BCUT2D eigenvalue weighted by atomic mass is 10.0. The van der Waals surface area contributed by atoms with Crippen LogP contribution in [-0.2, 0) is 11.2 Å². The Morgan fingerprint density at radius 3 is 2.29 bits per heavy atom. The molecule has 3 nitrogen and oxygen atoms in total. The number of aromatic nitrogens is 1. The average molecular weight is 318 g/mol. The van der Waals surface area contributed by atoms with Gasteiger partial charge >= 0.3 is 0 Å². The minimum atomic E-state index is 0.0616. The van der Waals surface area contributed by atoms with Crippen molar-refractivity contribution >= 4 is 5.91 Å². The first kappa shape index (κ1) is 16.1. The van der Waals surface area contributed by atoms with Crippen LogP contribution >= 0.6 is 0 Å². The van der Waals surface area contributed by atoms with Crippen molar-refractivity contribution in [3.05, 3.63) is 90.3 Å². The van der Waals surface area contributed by atoms with Crippen LogP contribution in [0.3, 0.4) is 0 Å². The summed E-state index contributed by atoms with van der Waals surface area (Å²) in [6, 6.07) is 22.3. The highest BCUT2D eigenvalue weighted by molar-refractivity contribution is 5.78. The molecule has 0 spiro atoms. The zero-order valence-corrected chi connectivity index (χ0v) is 13.9. The summed E-state index contributed by atoms with van der Waals surface area (Å²) >= 11 is 0. The van der Waals surface area contributed by atoms with Crippen LogP contribution in [0.15, 0.2) is 79.1 Å². The molecule has 0 unspecified atom stereocenters. The van der Waals surface area contributed by atoms with Crippen LogP contribution in [0, 0.1) is 0 Å². The molecule has 0 saturated carbocycles. The Morgan fingerprint density at radius 2 is 1.62 bits per heavy atom. The molecule has 1 N–H and O–H groups in total. The molecule has 0 aliphatic carbocycles. The Labute approximate surface area is 143 Å². The minimum Gasteiger partial charge on any atom is -0.355 e. The molecule has 3 rings (SSSR count). The first-order valence-electron chi connectivity index (χ1n) is 8.26. The third-order valence-corrected chi connectivity index (χ3v) is 4.18. The second-order valence-corrected chi connectivity index (χ2v) is 6.05. The highest BCUT2D eigenvalue weighted by Crippen LogP contribution is 2.13. The standard InChI is InChI=1S/C21H22N2O/c1-17(19-7-3-2-4-8-19)16-22-21(24)15-18-9-11-20(12-10-18)23-13-5-6-14-23/h2-14,17H,15-16H2,1H3,(H,22,24)/t17-/m1/s1. The Kier molecular flexibility index (Phi) is 5.12. The third-order valence-electron chi connectivity index (χ3n) is 4.18. The fraction of sp³-hybridized carbons (Fsp3) is 0.190. The number of benzene rings is 2. The largest absolute Gasteiger partial charge is 0.355 e. The van der Waals surface area contributed by atoms with Crippen LogP contribution in [0.25, 0.3) is 5.69 Å². The molecule has 0 aliphatic heterocycles. The van der Waals surface area contributed by atoms with Crippen molar-refractivity contribution in [1.29, 1.82) is 0 Å². The van der Waals surface area contributed by atoms with Gasteiger partial charge in [-0.15, -0.1) is 0 Å². The van der Waals surface area contributed by atoms with Gasteiger partial charge in [0.05, 0.1) is 6.42 Å². The highest BCUT2D eigenvalue weighted by atomic mass is 16.1. The number of rotatable bonds is 6. The van der Waals surface area contributed by atoms with Crippen LogP contribution in [-0.4, -0.2) is 17.0 Å². The maximum absolute atomic E-state index is 12.1. The quantitative estimate of drug-likeness (QED) is 0.734. The Balaban J connectivity index is 1.51. The Morgan fingerprint density at radius 1 is 0.958 bits per heavy atom. The SMILES string of the molecule is C[C@H](CNC(=O)Cc1ccc(-n2cccc2)cc1)c1ccccc1. The second-order valence-electron chi connectivity index (χ2n) is 6.05. The zero-order chi connectivity index (χ0) is 16.8. The molecule has 0 fully saturated rings. The average Bonchev–Trinajstić information content (AvgIpc) is 3.16. The van der Waals surface area contributed by atoms with E-state index in [0.717, 1.165) is 11.3 Å². The molecule has 1 heterocycles. The Hall–Kier alpha value is -2.81. The molecule has 0 bridgehead atoms. The lowest BCUT2D eigenvalue weighted by Crippen LogP contribution is -2.28. The van der Waals surface area contributed by atoms with Crippen molar-refractivity contribution in [3.8, 4) is 5.69 Å². The van der Waals surface area contributed by atoms with Crippen molar-refractivity contribution < 1.29 is 4.79 Å². The molecule has 1 amide bonds. The van der Waals surface area contributed by atoms with Crippen LogP contribution in [0.5, 0.6) is 0 Å². The van der Waals surface area contributed by atoms with E-state index in [1.165, 1.54) is 5.56 Å². The van der Waals surface area contributed by atoms with E-state index >= 15 is 0 Å². The van der Waals surface area contributed by atoms with Crippen molar-refractivity contribution in [2.45, 2.75) is 19.3 Å². The van der Waals surface area contributed by atoms with Crippen molar-refractivity contribution in [1.82, 2.24) is 9.88 Å². The second kappa shape index (κ2) is 7.64. The van der Waals surface area contributed by atoms with E-state index in [0.29, 0.717) is 18.9 Å². The smallest absolute Gasteiger partial charge is 0.224 e. The predicted octanol–water partition coefficient (Wildman–Crippen LogP) is 3.94. The first-order chi connectivity index (χ1) is 11.7. The summed E-state index contributed by atoms with van der Waals surface area (Å²) in [4.78, 5) is 12.1. The molecule has 122 valence electrons. The predicted molar refractivity (Wildman–Crippen MR) is 97.3 cm³/mol.